The average Bonchev–Trinajstić information content (AvgIpc) is 0.769. The van der Waals surface area contributed by atoms with Gasteiger partial charge in [-0.3, -0.25) is 23.7 Å². The zero-order valence-corrected chi connectivity index (χ0v) is 62.4. The second kappa shape index (κ2) is 40.9. The van der Waals surface area contributed by atoms with Crippen molar-refractivity contribution in [1.29, 1.82) is 0 Å². The van der Waals surface area contributed by atoms with Crippen LogP contribution in [-0.2, 0) is 114 Å². The molecule has 52 nitrogen and oxygen atoms in total. The van der Waals surface area contributed by atoms with Gasteiger partial charge in [-0.05, 0) is 6.92 Å². The number of carbonyl (C=O) groups is 4. The summed E-state index contributed by atoms with van der Waals surface area (Å²) in [5.41, 5.74) is 0. The highest BCUT2D eigenvalue weighted by Gasteiger charge is 2.61. The highest BCUT2D eigenvalue weighted by molar-refractivity contribution is 7.80. The van der Waals surface area contributed by atoms with Gasteiger partial charge in [-0.15, -0.1) is 0 Å². The van der Waals surface area contributed by atoms with Gasteiger partial charge in [-0.1, -0.05) is 0 Å². The lowest BCUT2D eigenvalue weighted by Crippen LogP contribution is -2.71. The smallest absolute Gasteiger partial charge is 0.394 e. The molecule has 9 aliphatic heterocycles. The van der Waals surface area contributed by atoms with Gasteiger partial charge in [-0.25, -0.2) is 4.18 Å². The van der Waals surface area contributed by atoms with Crippen molar-refractivity contribution in [1.82, 2.24) is 21.3 Å². The van der Waals surface area contributed by atoms with E-state index < -0.39 is 363 Å². The third-order valence-electron chi connectivity index (χ3n) is 20.5. The molecule has 0 aromatic heterocycles. The SMILES string of the molecule is CC(=O)N[C@@H]1[C@@H](O)[C@H](O[C@@H]2O[C@H](CO)[C@@H](O[C@@H]3O[C@H](CO[C@H]4O[C@H](CO)[C@@H](O)[C@H](O[C@H]5O[C@H](CO)[C@@H](O)[C@H](O)[C@@H]5O)[C@@H]4O)[C@@H](O)[C@H](O[C@H]4O[C@H](CO)[C@@H](O)[C@H](O)[C@@H]4O[C@@H]4O[C@H](CO)[C@@H](O[C@@H]5O[C@H](CO)[C@H](OS(=O)(=O)O)[C@H](O)[C@H]5NC(C)=O)[C@H](O)[C@H]4NC(C)=O)[C@@H]3O)[C@H](O)[C@H]2NC(C)=O)[C@@H](CO[C@@H]2O[C@@H](C)[C@@H](O)[C@@H](O)[C@@H]2O)O[C@H]1O. The quantitative estimate of drug-likeness (QED) is 0.0297. The Bertz CT molecular complexity index is 3230. The number of aliphatic hydroxyl groups excluding tert-OH is 23. The largest absolute Gasteiger partial charge is 0.397 e. The summed E-state index contributed by atoms with van der Waals surface area (Å²) in [5, 5.41) is 266. The van der Waals surface area contributed by atoms with Gasteiger partial charge >= 0.3 is 10.4 Å². The molecule has 9 heterocycles. The number of hydrogen-bond donors (Lipinski definition) is 28. The lowest BCUT2D eigenvalue weighted by molar-refractivity contribution is -0.397. The molecule has 0 aromatic carbocycles. The van der Waals surface area contributed by atoms with Crippen LogP contribution >= 0.6 is 0 Å². The first-order chi connectivity index (χ1) is 54.1. The van der Waals surface area contributed by atoms with Crippen LogP contribution in [0, 0.1) is 0 Å². The van der Waals surface area contributed by atoms with E-state index in [0.717, 1.165) is 27.7 Å². The standard InChI is InChI=1S/C62H104N4O48S/c1-14-31(77)40(86)43(89)58(99-14)98-13-26-49(36(82)27(54(93)100-26)63-15(2)73)109-55-28(64-16(3)74)38(84)48(23(10-71)104-55)110-61-46(92)52(35(81)25(107-61)12-97-59-45(91)51(34(80)21(8-69)101-59)111-60-44(90)41(87)32(78)19(6-67)102-60)112-62-53(42(88)33(79)20(7-68)103-62)113-57-29(65-17(4)75)37(83)47(22(9-70)105-57)108-56-30(66-18(5)76)39(85)50(24(11-72)106-56)114-115(94,95)96/h14,19-62,67-72,77-93H,6-13H2,1-5H3,(H,63,73)(H,64,74)(H,65,75)(H,66,76)(H,94,95,96)/t14-,19+,20+,21+,22+,23+,24+,25+,26+,27+,28+,29+,30+,31+,32+,33+,34+,35+,36+,37+,38+,39+,40+,41-,42-,43-,44-,45-,46-,47+,48+,49+,50-,51-,52-,53-,54+,55-,56-,57-,58+,59-,60+,61-,62+/m0/s1. The van der Waals surface area contributed by atoms with Crippen LogP contribution in [0.15, 0.2) is 0 Å². The zero-order valence-electron chi connectivity index (χ0n) is 61.6. The number of ether oxygens (including phenoxy) is 17. The van der Waals surface area contributed by atoms with E-state index in [1.165, 1.54) is 6.92 Å². The molecule has 0 spiro atoms. The maximum atomic E-state index is 13.2. The fourth-order valence-corrected chi connectivity index (χ4v) is 15.1. The predicted molar refractivity (Wildman–Crippen MR) is 352 cm³/mol. The van der Waals surface area contributed by atoms with E-state index in [0.29, 0.717) is 0 Å². The molecule has 45 atom stereocenters. The molecule has 9 saturated heterocycles. The van der Waals surface area contributed by atoms with Crippen LogP contribution in [0.25, 0.3) is 0 Å². The Kier molecular flexibility index (Phi) is 33.8. The second-order valence-corrected chi connectivity index (χ2v) is 29.7. The summed E-state index contributed by atoms with van der Waals surface area (Å²) in [6.07, 6.45) is -85.6. The Balaban J connectivity index is 1.04. The lowest BCUT2D eigenvalue weighted by atomic mass is 9.93. The molecule has 28 N–H and O–H groups in total. The van der Waals surface area contributed by atoms with Crippen LogP contribution < -0.4 is 21.3 Å². The molecular formula is C62H104N4O48S. The Hall–Kier alpha value is -3.85. The third kappa shape index (κ3) is 21.8. The van der Waals surface area contributed by atoms with Crippen LogP contribution in [0.1, 0.15) is 34.6 Å². The molecule has 0 radical (unpaired) electrons. The number of rotatable bonds is 30. The van der Waals surface area contributed by atoms with Crippen molar-refractivity contribution in [3.63, 3.8) is 0 Å². The lowest BCUT2D eigenvalue weighted by Gasteiger charge is -2.51. The van der Waals surface area contributed by atoms with Crippen LogP contribution in [0.5, 0.6) is 0 Å². The zero-order chi connectivity index (χ0) is 85.0. The number of nitrogens with one attached hydrogen (secondary N) is 4. The topological polar surface area (TPSA) is 802 Å². The van der Waals surface area contributed by atoms with Gasteiger partial charge in [0.25, 0.3) is 0 Å². The van der Waals surface area contributed by atoms with Gasteiger partial charge in [0.05, 0.1) is 59.0 Å². The molecule has 0 aromatic rings. The Morgan fingerprint density at radius 2 is 0.591 bits per heavy atom. The minimum absolute atomic E-state index is 0.838. The van der Waals surface area contributed by atoms with Gasteiger partial charge in [0, 0.05) is 27.7 Å². The maximum Gasteiger partial charge on any atom is 0.397 e. The minimum atomic E-state index is -5.43. The second-order valence-electron chi connectivity index (χ2n) is 28.7. The summed E-state index contributed by atoms with van der Waals surface area (Å²) in [4.78, 5) is 51.1. The van der Waals surface area contributed by atoms with Crippen LogP contribution in [-0.4, -0.2) is 483 Å². The molecule has 115 heavy (non-hydrogen) atoms. The van der Waals surface area contributed by atoms with Crippen molar-refractivity contribution in [3.05, 3.63) is 0 Å². The van der Waals surface area contributed by atoms with E-state index in [-0.39, 0.29) is 0 Å². The summed E-state index contributed by atoms with van der Waals surface area (Å²) in [6.45, 7) is -3.93. The van der Waals surface area contributed by atoms with Crippen molar-refractivity contribution in [2.45, 2.75) is 311 Å². The van der Waals surface area contributed by atoms with E-state index in [4.69, 9.17) is 80.5 Å². The first-order valence-electron chi connectivity index (χ1n) is 36.1. The van der Waals surface area contributed by atoms with Crippen LogP contribution in [0.2, 0.25) is 0 Å². The van der Waals surface area contributed by atoms with Crippen LogP contribution in [0.3, 0.4) is 0 Å². The molecule has 9 fully saturated rings. The first kappa shape index (κ1) is 95.0. The van der Waals surface area contributed by atoms with Crippen molar-refractivity contribution in [2.75, 3.05) is 52.9 Å². The molecule has 9 rings (SSSR count). The molecule has 0 saturated carbocycles. The summed E-state index contributed by atoms with van der Waals surface area (Å²) in [5.74, 6) is -3.78. The van der Waals surface area contributed by atoms with Gasteiger partial charge in [0.2, 0.25) is 23.6 Å². The summed E-state index contributed by atoms with van der Waals surface area (Å²) < 4.78 is 138. The van der Waals surface area contributed by atoms with E-state index in [1.807, 2.05) is 0 Å². The Labute approximate surface area is 651 Å². The van der Waals surface area contributed by atoms with Gasteiger partial charge < -0.3 is 219 Å². The summed E-state index contributed by atoms with van der Waals surface area (Å²) in [6, 6.07) is -7.72. The highest BCUT2D eigenvalue weighted by Crippen LogP contribution is 2.40. The monoisotopic (exact) mass is 1700 g/mol. The molecule has 53 heteroatoms. The number of aliphatic hydroxyl groups is 23. The Morgan fingerprint density at radius 3 is 1.06 bits per heavy atom. The Morgan fingerprint density at radius 1 is 0.287 bits per heavy atom. The molecule has 4 amide bonds. The van der Waals surface area contributed by atoms with Gasteiger partial charge in [0.1, 0.15) is 213 Å². The van der Waals surface area contributed by atoms with E-state index in [1.54, 1.807) is 0 Å². The first-order valence-corrected chi connectivity index (χ1v) is 37.5. The van der Waals surface area contributed by atoms with Crippen molar-refractivity contribution < 1.29 is 234 Å². The summed E-state index contributed by atoms with van der Waals surface area (Å²) in [7, 11) is -5.43. The molecule has 0 aliphatic carbocycles. The van der Waals surface area contributed by atoms with Crippen molar-refractivity contribution in [2.24, 2.45) is 0 Å². The number of carbonyl (C=O) groups excluding carboxylic acids is 4. The van der Waals surface area contributed by atoms with E-state index >= 15 is 0 Å². The fourth-order valence-electron chi connectivity index (χ4n) is 14.6. The average molecular weight is 1710 g/mol. The normalized spacial score (nSPS) is 48.1. The fraction of sp³-hybridized carbons (Fsp3) is 0.935. The van der Waals surface area contributed by atoms with Crippen LogP contribution in [0.4, 0.5) is 0 Å². The van der Waals surface area contributed by atoms with Gasteiger partial charge in [0.15, 0.2) is 56.6 Å². The number of hydrogen-bond acceptors (Lipinski definition) is 47. The van der Waals surface area contributed by atoms with E-state index in [9.17, 15) is 150 Å². The molecule has 666 valence electrons. The molecule has 0 bridgehead atoms. The highest BCUT2D eigenvalue weighted by atomic mass is 32.3. The third-order valence-corrected chi connectivity index (χ3v) is 21.0. The molecule has 0 unspecified atom stereocenters. The predicted octanol–water partition coefficient (Wildman–Crippen LogP) is -19.2. The van der Waals surface area contributed by atoms with Crippen molar-refractivity contribution >= 4 is 34.0 Å². The number of amides is 4. The summed E-state index contributed by atoms with van der Waals surface area (Å²) >= 11 is 0. The molecule has 9 aliphatic rings. The molecular weight excluding hydrogens is 1600 g/mol. The van der Waals surface area contributed by atoms with Crippen molar-refractivity contribution in [3.8, 4) is 0 Å². The maximum absolute atomic E-state index is 13.2. The minimum Gasteiger partial charge on any atom is -0.394 e. The van der Waals surface area contributed by atoms with E-state index in [2.05, 4.69) is 25.5 Å². The van der Waals surface area contributed by atoms with Gasteiger partial charge in [-0.2, -0.15) is 8.42 Å².